The summed E-state index contributed by atoms with van der Waals surface area (Å²) in [6, 6.07) is 9.35. The third-order valence-electron chi connectivity index (χ3n) is 7.36. The molecule has 3 aliphatic rings. The summed E-state index contributed by atoms with van der Waals surface area (Å²) in [7, 11) is 1.52. The van der Waals surface area contributed by atoms with Gasteiger partial charge in [-0.2, -0.15) is 0 Å². The molecule has 2 aromatic carbocycles. The lowest BCUT2D eigenvalue weighted by molar-refractivity contribution is -0.119. The number of allylic oxidation sites excluding steroid dienone is 4. The number of hydrogen-bond acceptors (Lipinski definition) is 6. The lowest BCUT2D eigenvalue weighted by Gasteiger charge is -2.36. The van der Waals surface area contributed by atoms with Crippen molar-refractivity contribution in [3.05, 3.63) is 74.2 Å². The summed E-state index contributed by atoms with van der Waals surface area (Å²) < 4.78 is 18.2. The van der Waals surface area contributed by atoms with Crippen LogP contribution in [0.2, 0.25) is 0 Å². The zero-order chi connectivity index (χ0) is 27.0. The van der Waals surface area contributed by atoms with E-state index in [4.69, 9.17) is 14.2 Å². The van der Waals surface area contributed by atoms with Gasteiger partial charge in [0.15, 0.2) is 29.7 Å². The van der Waals surface area contributed by atoms with Gasteiger partial charge in [-0.3, -0.25) is 14.4 Å². The van der Waals surface area contributed by atoms with Crippen LogP contribution >= 0.6 is 15.9 Å². The Morgan fingerprint density at radius 3 is 2.24 bits per heavy atom. The molecule has 2 aliphatic carbocycles. The number of carbonyl (C=O) groups is 3. The molecule has 8 heteroatoms. The summed E-state index contributed by atoms with van der Waals surface area (Å²) in [4.78, 5) is 38.8. The number of anilines is 1. The molecule has 7 nitrogen and oxygen atoms in total. The Balaban J connectivity index is 1.44. The zero-order valence-corrected chi connectivity index (χ0v) is 23.3. The second-order valence-corrected chi connectivity index (χ2v) is 10.8. The van der Waals surface area contributed by atoms with Gasteiger partial charge in [0.25, 0.3) is 5.91 Å². The first-order valence-electron chi connectivity index (χ1n) is 12.8. The van der Waals surface area contributed by atoms with Crippen LogP contribution in [0.1, 0.15) is 61.1 Å². The highest BCUT2D eigenvalue weighted by atomic mass is 79.9. The minimum atomic E-state index is -0.512. The SMILES string of the molecule is COc1cc(C2C3=C(CCCC3=O)OC3=C2C(=O)CCC3)cc(Br)c1OCC(=O)Nc1ccc(C)c(C)c1. The van der Waals surface area contributed by atoms with Crippen molar-refractivity contribution >= 4 is 39.1 Å². The monoisotopic (exact) mass is 579 g/mol. The highest BCUT2D eigenvalue weighted by molar-refractivity contribution is 9.10. The summed E-state index contributed by atoms with van der Waals surface area (Å²) in [6.07, 6.45) is 3.71. The number of ether oxygens (including phenoxy) is 3. The van der Waals surface area contributed by atoms with Crippen LogP contribution in [-0.2, 0) is 19.1 Å². The zero-order valence-electron chi connectivity index (χ0n) is 21.7. The molecule has 2 aromatic rings. The molecule has 0 atom stereocenters. The Labute approximate surface area is 230 Å². The van der Waals surface area contributed by atoms with Gasteiger partial charge in [0.1, 0.15) is 11.5 Å². The van der Waals surface area contributed by atoms with Crippen molar-refractivity contribution < 1.29 is 28.6 Å². The number of hydrogen-bond donors (Lipinski definition) is 1. The number of halogens is 1. The number of amides is 1. The van der Waals surface area contributed by atoms with Gasteiger partial charge in [-0.25, -0.2) is 0 Å². The van der Waals surface area contributed by atoms with E-state index in [9.17, 15) is 14.4 Å². The fraction of sp³-hybridized carbons (Fsp3) is 0.367. The van der Waals surface area contributed by atoms with E-state index in [1.807, 2.05) is 38.1 Å². The normalized spacial score (nSPS) is 17.6. The maximum atomic E-state index is 13.1. The Morgan fingerprint density at radius 2 is 1.63 bits per heavy atom. The van der Waals surface area contributed by atoms with Gasteiger partial charge in [-0.05, 0) is 83.6 Å². The number of ketones is 2. The first kappa shape index (κ1) is 26.2. The number of Topliss-reactive ketones (excluding diaryl/α,β-unsaturated/α-hetero) is 2. The van der Waals surface area contributed by atoms with Crippen LogP contribution in [0.25, 0.3) is 0 Å². The summed E-state index contributed by atoms with van der Waals surface area (Å²) in [6.45, 7) is 3.78. The molecule has 0 bridgehead atoms. The van der Waals surface area contributed by atoms with Crippen LogP contribution in [0.3, 0.4) is 0 Å². The van der Waals surface area contributed by atoms with E-state index in [1.54, 1.807) is 6.07 Å². The average Bonchev–Trinajstić information content (AvgIpc) is 2.89. The van der Waals surface area contributed by atoms with E-state index in [-0.39, 0.29) is 24.1 Å². The number of benzene rings is 2. The predicted molar refractivity (Wildman–Crippen MR) is 146 cm³/mol. The minimum Gasteiger partial charge on any atom is -0.493 e. The minimum absolute atomic E-state index is 0.0135. The van der Waals surface area contributed by atoms with Crippen molar-refractivity contribution in [3.63, 3.8) is 0 Å². The quantitative estimate of drug-likeness (QED) is 0.437. The van der Waals surface area contributed by atoms with Crippen molar-refractivity contribution in [2.24, 2.45) is 0 Å². The molecule has 0 aromatic heterocycles. The maximum absolute atomic E-state index is 13.1. The highest BCUT2D eigenvalue weighted by Crippen LogP contribution is 2.50. The standard InChI is InChI=1S/C30H30BrNO6/c1-16-10-11-19(12-17(16)2)32-26(35)15-37-30-20(31)13-18(14-25(30)36-3)27-28-21(33)6-4-8-23(28)38-24-9-5-7-22(34)29(24)27/h10-14,27H,4-9,15H2,1-3H3,(H,32,35). The first-order chi connectivity index (χ1) is 18.3. The van der Waals surface area contributed by atoms with Crippen molar-refractivity contribution in [2.45, 2.75) is 58.3 Å². The predicted octanol–water partition coefficient (Wildman–Crippen LogP) is 6.22. The van der Waals surface area contributed by atoms with E-state index < -0.39 is 5.92 Å². The molecule has 0 saturated heterocycles. The van der Waals surface area contributed by atoms with Gasteiger partial charge in [0.05, 0.1) is 11.6 Å². The van der Waals surface area contributed by atoms with Gasteiger partial charge in [-0.1, -0.05) is 6.07 Å². The van der Waals surface area contributed by atoms with E-state index in [0.717, 1.165) is 29.5 Å². The summed E-state index contributed by atoms with van der Waals surface area (Å²) >= 11 is 3.58. The Morgan fingerprint density at radius 1 is 0.974 bits per heavy atom. The smallest absolute Gasteiger partial charge is 0.262 e. The Bertz CT molecular complexity index is 1360. The largest absolute Gasteiger partial charge is 0.493 e. The van der Waals surface area contributed by atoms with Crippen LogP contribution in [0, 0.1) is 13.8 Å². The summed E-state index contributed by atoms with van der Waals surface area (Å²) in [5.41, 5.74) is 4.82. The first-order valence-corrected chi connectivity index (χ1v) is 13.6. The van der Waals surface area contributed by atoms with E-state index in [1.165, 1.54) is 7.11 Å². The fourth-order valence-corrected chi connectivity index (χ4v) is 5.93. The van der Waals surface area contributed by atoms with Gasteiger partial charge >= 0.3 is 0 Å². The average molecular weight is 580 g/mol. The molecular formula is C30H30BrNO6. The fourth-order valence-electron chi connectivity index (χ4n) is 5.35. The highest BCUT2D eigenvalue weighted by Gasteiger charge is 2.42. The molecule has 0 saturated carbocycles. The van der Waals surface area contributed by atoms with Gasteiger partial charge < -0.3 is 19.5 Å². The third-order valence-corrected chi connectivity index (χ3v) is 7.95. The molecule has 0 unspecified atom stereocenters. The number of methoxy groups -OCH3 is 1. The van der Waals surface area contributed by atoms with Crippen LogP contribution in [0.15, 0.2) is 57.5 Å². The molecule has 0 fully saturated rings. The van der Waals surface area contributed by atoms with Crippen LogP contribution in [0.4, 0.5) is 5.69 Å². The molecule has 38 heavy (non-hydrogen) atoms. The van der Waals surface area contributed by atoms with Gasteiger partial charge in [0.2, 0.25) is 0 Å². The molecule has 1 N–H and O–H groups in total. The third kappa shape index (κ3) is 5.01. The van der Waals surface area contributed by atoms with Gasteiger partial charge in [-0.15, -0.1) is 0 Å². The number of rotatable bonds is 6. The second kappa shape index (κ2) is 10.8. The molecule has 1 aliphatic heterocycles. The van der Waals surface area contributed by atoms with Gasteiger partial charge in [0, 0.05) is 48.4 Å². The van der Waals surface area contributed by atoms with Crippen LogP contribution in [-0.4, -0.2) is 31.2 Å². The van der Waals surface area contributed by atoms with Crippen molar-refractivity contribution in [2.75, 3.05) is 19.0 Å². The molecular weight excluding hydrogens is 550 g/mol. The lowest BCUT2D eigenvalue weighted by atomic mass is 9.73. The van der Waals surface area contributed by atoms with E-state index >= 15 is 0 Å². The Kier molecular flexibility index (Phi) is 7.43. The second-order valence-electron chi connectivity index (χ2n) is 9.93. The molecule has 0 radical (unpaired) electrons. The van der Waals surface area contributed by atoms with Crippen LogP contribution in [0.5, 0.6) is 11.5 Å². The van der Waals surface area contributed by atoms with E-state index in [2.05, 4.69) is 21.2 Å². The molecule has 1 heterocycles. The van der Waals surface area contributed by atoms with Crippen molar-refractivity contribution in [3.8, 4) is 11.5 Å². The van der Waals surface area contributed by atoms with Crippen molar-refractivity contribution in [1.82, 2.24) is 0 Å². The molecule has 1 amide bonds. The Hall–Kier alpha value is -3.39. The summed E-state index contributed by atoms with van der Waals surface area (Å²) in [5.74, 6) is 1.33. The number of nitrogens with one attached hydrogen (secondary N) is 1. The number of aryl methyl sites for hydroxylation is 2. The summed E-state index contributed by atoms with van der Waals surface area (Å²) in [5, 5.41) is 2.85. The van der Waals surface area contributed by atoms with E-state index in [0.29, 0.717) is 70.0 Å². The molecule has 198 valence electrons. The topological polar surface area (TPSA) is 90.9 Å². The molecule has 5 rings (SSSR count). The van der Waals surface area contributed by atoms with Crippen molar-refractivity contribution in [1.29, 1.82) is 0 Å². The lowest BCUT2D eigenvalue weighted by Crippen LogP contribution is -2.30. The van der Waals surface area contributed by atoms with Crippen LogP contribution < -0.4 is 14.8 Å². The maximum Gasteiger partial charge on any atom is 0.262 e. The molecule has 0 spiro atoms. The number of carbonyl (C=O) groups excluding carboxylic acids is 3.